The van der Waals surface area contributed by atoms with Crippen LogP contribution in [-0.2, 0) is 9.53 Å². The smallest absolute Gasteiger partial charge is 0.336 e. The van der Waals surface area contributed by atoms with Crippen LogP contribution in [0.25, 0.3) is 5.82 Å². The highest BCUT2D eigenvalue weighted by molar-refractivity contribution is 5.93. The molecule has 12 nitrogen and oxygen atoms in total. The Labute approximate surface area is 202 Å². The molecular formula is C23H30N8O4. The predicted octanol–water partition coefficient (Wildman–Crippen LogP) is 0.808. The molecule has 2 amide bonds. The molecule has 0 saturated carbocycles. The molecule has 3 aliphatic rings. The summed E-state index contributed by atoms with van der Waals surface area (Å²) in [5, 5.41) is 24.8. The van der Waals surface area contributed by atoms with E-state index < -0.39 is 6.10 Å². The third-order valence-corrected chi connectivity index (χ3v) is 7.67. The van der Waals surface area contributed by atoms with Crippen molar-refractivity contribution in [2.75, 3.05) is 32.8 Å². The first-order chi connectivity index (χ1) is 16.9. The van der Waals surface area contributed by atoms with Crippen molar-refractivity contribution < 1.29 is 19.4 Å². The van der Waals surface area contributed by atoms with E-state index in [-0.39, 0.29) is 30.1 Å². The Hall–Kier alpha value is -3.38. The number of nitrogens with zero attached hydrogens (tertiary/aromatic N) is 7. The van der Waals surface area contributed by atoms with Crippen LogP contribution in [0.3, 0.4) is 0 Å². The minimum absolute atomic E-state index is 0.144. The largest absolute Gasteiger partial charge is 0.456 e. The maximum atomic E-state index is 12.8. The fourth-order valence-electron chi connectivity index (χ4n) is 5.58. The lowest BCUT2D eigenvalue weighted by atomic mass is 9.75. The number of ether oxygens (including phenoxy) is 1. The number of hydrogen-bond donors (Lipinski definition) is 2. The summed E-state index contributed by atoms with van der Waals surface area (Å²) in [5.41, 5.74) is 1.55. The molecule has 12 heteroatoms. The van der Waals surface area contributed by atoms with Crippen LogP contribution in [0.2, 0.25) is 0 Å². The molecule has 1 unspecified atom stereocenters. The number of β-amino-alcohol motifs (C(OH)–C–C–N with tert-alkyl or cyclic N) is 1. The topological polar surface area (TPSA) is 139 Å². The lowest BCUT2D eigenvalue weighted by molar-refractivity contribution is -0.136. The van der Waals surface area contributed by atoms with E-state index in [9.17, 15) is 14.7 Å². The highest BCUT2D eigenvalue weighted by Crippen LogP contribution is 2.42. The van der Waals surface area contributed by atoms with Crippen LogP contribution in [0, 0.1) is 5.92 Å². The monoisotopic (exact) mass is 482 g/mol. The normalized spacial score (nSPS) is 24.7. The SMILES string of the molecule is CCC1(C2CCN(C[C@H](O)c3ccc(-n4cnnn4)nc3)CC2)CNC(=O)N1C1=C(C)C(=O)OC1. The van der Waals surface area contributed by atoms with Gasteiger partial charge >= 0.3 is 12.0 Å². The van der Waals surface area contributed by atoms with Gasteiger partial charge in [0.25, 0.3) is 0 Å². The van der Waals surface area contributed by atoms with Gasteiger partial charge < -0.3 is 20.1 Å². The molecule has 5 heterocycles. The number of carbonyl (C=O) groups excluding carboxylic acids is 2. The van der Waals surface area contributed by atoms with Crippen molar-refractivity contribution in [1.29, 1.82) is 0 Å². The molecule has 5 rings (SSSR count). The molecule has 2 atom stereocenters. The van der Waals surface area contributed by atoms with Crippen LogP contribution in [0.15, 0.2) is 35.9 Å². The number of cyclic esters (lactones) is 1. The molecule has 2 saturated heterocycles. The van der Waals surface area contributed by atoms with E-state index in [2.05, 4.69) is 37.6 Å². The minimum atomic E-state index is -0.664. The van der Waals surface area contributed by atoms with Gasteiger partial charge in [-0.1, -0.05) is 13.0 Å². The zero-order chi connectivity index (χ0) is 24.6. The number of hydrogen-bond acceptors (Lipinski definition) is 9. The van der Waals surface area contributed by atoms with Crippen LogP contribution in [0.5, 0.6) is 0 Å². The van der Waals surface area contributed by atoms with Crippen LogP contribution in [0.4, 0.5) is 4.79 Å². The standard InChI is InChI=1S/C23H30N8O4/c1-3-23(13-25-22(34)31(23)18-12-35-21(33)15(18)2)17-6-8-29(9-7-17)11-19(32)16-4-5-20(24-10-16)30-14-26-27-28-30/h4-5,10,14,17,19,32H,3,6-9,11-13H2,1-2H3,(H,25,34)/t19-,23?/m0/s1. The molecule has 2 fully saturated rings. The maximum Gasteiger partial charge on any atom is 0.336 e. The second kappa shape index (κ2) is 9.34. The average molecular weight is 483 g/mol. The minimum Gasteiger partial charge on any atom is -0.456 e. The molecule has 0 aromatic carbocycles. The number of carbonyl (C=O) groups is 2. The Morgan fingerprint density at radius 1 is 1.29 bits per heavy atom. The molecule has 0 radical (unpaired) electrons. The first-order valence-electron chi connectivity index (χ1n) is 12.0. The molecule has 0 bridgehead atoms. The number of piperidine rings is 1. The van der Waals surface area contributed by atoms with Crippen molar-refractivity contribution in [2.24, 2.45) is 5.92 Å². The van der Waals surface area contributed by atoms with Gasteiger partial charge in [0.05, 0.1) is 22.9 Å². The van der Waals surface area contributed by atoms with E-state index in [1.54, 1.807) is 24.1 Å². The number of likely N-dealkylation sites (tertiary alicyclic amines) is 1. The Kier molecular flexibility index (Phi) is 6.24. The van der Waals surface area contributed by atoms with Crippen molar-refractivity contribution in [1.82, 2.24) is 40.3 Å². The van der Waals surface area contributed by atoms with Crippen LogP contribution in [0.1, 0.15) is 44.8 Å². The van der Waals surface area contributed by atoms with E-state index >= 15 is 0 Å². The van der Waals surface area contributed by atoms with Gasteiger partial charge in [0, 0.05) is 24.8 Å². The number of aliphatic hydroxyl groups is 1. The number of amides is 2. The average Bonchev–Trinajstić information content (AvgIpc) is 3.61. The molecule has 2 aromatic heterocycles. The van der Waals surface area contributed by atoms with Crippen molar-refractivity contribution in [3.05, 3.63) is 41.5 Å². The molecule has 3 aliphatic heterocycles. The fraction of sp³-hybridized carbons (Fsp3) is 0.565. The number of urea groups is 1. The van der Waals surface area contributed by atoms with Gasteiger partial charge in [-0.05, 0) is 61.7 Å². The second-order valence-electron chi connectivity index (χ2n) is 9.39. The summed E-state index contributed by atoms with van der Waals surface area (Å²) in [6.45, 7) is 6.66. The second-order valence-corrected chi connectivity index (χ2v) is 9.39. The molecule has 0 aliphatic carbocycles. The summed E-state index contributed by atoms with van der Waals surface area (Å²) in [6.07, 6.45) is 5.02. The third-order valence-electron chi connectivity index (χ3n) is 7.67. The van der Waals surface area contributed by atoms with Gasteiger partial charge in [0.1, 0.15) is 12.9 Å². The highest BCUT2D eigenvalue weighted by atomic mass is 16.5. The van der Waals surface area contributed by atoms with Gasteiger partial charge in [-0.2, -0.15) is 4.68 Å². The van der Waals surface area contributed by atoms with E-state index in [1.165, 1.54) is 11.0 Å². The van der Waals surface area contributed by atoms with Crippen molar-refractivity contribution in [3.8, 4) is 5.82 Å². The lowest BCUT2D eigenvalue weighted by Crippen LogP contribution is -2.55. The molecule has 186 valence electrons. The van der Waals surface area contributed by atoms with Gasteiger partial charge in [0.15, 0.2) is 5.82 Å². The third kappa shape index (κ3) is 4.16. The number of aliphatic hydroxyl groups excluding tert-OH is 1. The van der Waals surface area contributed by atoms with E-state index in [0.717, 1.165) is 37.9 Å². The maximum absolute atomic E-state index is 12.8. The molecule has 2 N–H and O–H groups in total. The van der Waals surface area contributed by atoms with Crippen LogP contribution >= 0.6 is 0 Å². The number of tetrazole rings is 1. The summed E-state index contributed by atoms with van der Waals surface area (Å²) in [5.74, 6) is 0.502. The molecule has 0 spiro atoms. The summed E-state index contributed by atoms with van der Waals surface area (Å²) < 4.78 is 6.67. The van der Waals surface area contributed by atoms with Gasteiger partial charge in [-0.15, -0.1) is 5.10 Å². The molecule has 2 aromatic rings. The van der Waals surface area contributed by atoms with Gasteiger partial charge in [0.2, 0.25) is 0 Å². The number of rotatable bonds is 7. The number of nitrogens with one attached hydrogen (secondary N) is 1. The van der Waals surface area contributed by atoms with Crippen molar-refractivity contribution in [3.63, 3.8) is 0 Å². The van der Waals surface area contributed by atoms with Crippen molar-refractivity contribution in [2.45, 2.75) is 44.8 Å². The van der Waals surface area contributed by atoms with E-state index in [1.807, 2.05) is 6.07 Å². The summed E-state index contributed by atoms with van der Waals surface area (Å²) >= 11 is 0. The first kappa shape index (κ1) is 23.4. The zero-order valence-electron chi connectivity index (χ0n) is 19.9. The summed E-state index contributed by atoms with van der Waals surface area (Å²) in [6, 6.07) is 3.45. The lowest BCUT2D eigenvalue weighted by Gasteiger charge is -2.46. The summed E-state index contributed by atoms with van der Waals surface area (Å²) in [4.78, 5) is 33.2. The first-order valence-corrected chi connectivity index (χ1v) is 12.0. The van der Waals surface area contributed by atoms with E-state index in [4.69, 9.17) is 4.74 Å². The van der Waals surface area contributed by atoms with E-state index in [0.29, 0.717) is 30.2 Å². The number of esters is 1. The van der Waals surface area contributed by atoms with Gasteiger partial charge in [-0.25, -0.2) is 14.6 Å². The molecular weight excluding hydrogens is 452 g/mol. The Bertz CT molecular complexity index is 1110. The Balaban J connectivity index is 1.23. The number of pyridine rings is 1. The molecule has 35 heavy (non-hydrogen) atoms. The highest BCUT2D eigenvalue weighted by Gasteiger charge is 2.52. The quantitative estimate of drug-likeness (QED) is 0.549. The van der Waals surface area contributed by atoms with Crippen LogP contribution < -0.4 is 5.32 Å². The van der Waals surface area contributed by atoms with Crippen molar-refractivity contribution >= 4 is 12.0 Å². The van der Waals surface area contributed by atoms with Crippen LogP contribution in [-0.4, -0.2) is 90.4 Å². The Morgan fingerprint density at radius 3 is 2.69 bits per heavy atom. The summed E-state index contributed by atoms with van der Waals surface area (Å²) in [7, 11) is 0. The fourth-order valence-corrected chi connectivity index (χ4v) is 5.58. The predicted molar refractivity (Wildman–Crippen MR) is 123 cm³/mol. The van der Waals surface area contributed by atoms with Gasteiger partial charge in [-0.3, -0.25) is 4.90 Å². The zero-order valence-corrected chi connectivity index (χ0v) is 19.9. The number of aromatic nitrogens is 5. The Morgan fingerprint density at radius 2 is 2.09 bits per heavy atom.